The van der Waals surface area contributed by atoms with Crippen LogP contribution in [0.3, 0.4) is 0 Å². The fraction of sp³-hybridized carbons (Fsp3) is 0.533. The minimum atomic E-state index is -0.0675. The Hall–Kier alpha value is -1.51. The van der Waals surface area contributed by atoms with Gasteiger partial charge >= 0.3 is 0 Å². The van der Waals surface area contributed by atoms with E-state index < -0.39 is 0 Å². The topological polar surface area (TPSA) is 42.2 Å². The summed E-state index contributed by atoms with van der Waals surface area (Å²) >= 11 is 0. The Bertz CT molecular complexity index is 447. The number of carbonyl (C=O) groups is 1. The molecule has 1 fully saturated rings. The van der Waals surface area contributed by atoms with E-state index in [4.69, 9.17) is 4.42 Å². The number of rotatable bonds is 5. The summed E-state index contributed by atoms with van der Waals surface area (Å²) < 4.78 is 5.69. The average molecular weight is 247 g/mol. The Labute approximate surface area is 108 Å². The van der Waals surface area contributed by atoms with Gasteiger partial charge in [0.05, 0.1) is 0 Å². The zero-order valence-electron chi connectivity index (χ0n) is 11.3. The molecule has 1 aromatic rings. The highest BCUT2D eigenvalue weighted by Crippen LogP contribution is 2.47. The second-order valence-corrected chi connectivity index (χ2v) is 5.21. The van der Waals surface area contributed by atoms with E-state index in [1.807, 2.05) is 26.0 Å². The molecule has 0 spiro atoms. The lowest BCUT2D eigenvalue weighted by atomic mass is 10.2. The van der Waals surface area contributed by atoms with Crippen LogP contribution in [0.15, 0.2) is 22.6 Å². The third-order valence-corrected chi connectivity index (χ3v) is 3.52. The number of carbonyl (C=O) groups excluding carboxylic acids is 1. The highest BCUT2D eigenvalue weighted by molar-refractivity contribution is 5.91. The molecule has 1 heterocycles. The van der Waals surface area contributed by atoms with Crippen molar-refractivity contribution in [3.8, 4) is 0 Å². The van der Waals surface area contributed by atoms with Crippen molar-refractivity contribution in [3.05, 3.63) is 29.7 Å². The zero-order chi connectivity index (χ0) is 13.1. The van der Waals surface area contributed by atoms with Crippen LogP contribution < -0.4 is 5.32 Å². The molecule has 0 aliphatic heterocycles. The van der Waals surface area contributed by atoms with Crippen molar-refractivity contribution in [1.82, 2.24) is 5.32 Å². The molecule has 0 bridgehead atoms. The minimum absolute atomic E-state index is 0.0675. The largest absolute Gasteiger partial charge is 0.461 e. The molecule has 1 aromatic heterocycles. The SMILES string of the molecule is CCC(C)NC(=O)C=Cc1ccc(C2CC2C)o1. The normalized spacial score (nSPS) is 24.2. The molecule has 0 aromatic carbocycles. The van der Waals surface area contributed by atoms with E-state index in [1.54, 1.807) is 6.08 Å². The Morgan fingerprint density at radius 3 is 2.94 bits per heavy atom. The smallest absolute Gasteiger partial charge is 0.244 e. The van der Waals surface area contributed by atoms with E-state index in [0.717, 1.165) is 23.9 Å². The van der Waals surface area contributed by atoms with Crippen molar-refractivity contribution >= 4 is 12.0 Å². The van der Waals surface area contributed by atoms with Gasteiger partial charge in [0.1, 0.15) is 11.5 Å². The summed E-state index contributed by atoms with van der Waals surface area (Å²) in [5, 5.41) is 2.88. The number of hydrogen-bond acceptors (Lipinski definition) is 2. The maximum atomic E-state index is 11.6. The molecule has 0 saturated heterocycles. The first kappa shape index (κ1) is 12.9. The summed E-state index contributed by atoms with van der Waals surface area (Å²) in [5.74, 6) is 3.05. The van der Waals surface area contributed by atoms with Gasteiger partial charge in [-0.05, 0) is 43.9 Å². The molecular weight excluding hydrogens is 226 g/mol. The van der Waals surface area contributed by atoms with Crippen LogP contribution >= 0.6 is 0 Å². The molecule has 1 aliphatic carbocycles. The van der Waals surface area contributed by atoms with E-state index in [9.17, 15) is 4.79 Å². The summed E-state index contributed by atoms with van der Waals surface area (Å²) in [7, 11) is 0. The summed E-state index contributed by atoms with van der Waals surface area (Å²) in [6, 6.07) is 4.15. The van der Waals surface area contributed by atoms with E-state index in [1.165, 1.54) is 12.5 Å². The van der Waals surface area contributed by atoms with Crippen molar-refractivity contribution in [3.63, 3.8) is 0 Å². The lowest BCUT2D eigenvalue weighted by Gasteiger charge is -2.08. The van der Waals surface area contributed by atoms with Crippen molar-refractivity contribution in [2.75, 3.05) is 0 Å². The van der Waals surface area contributed by atoms with Crippen LogP contribution in [0.5, 0.6) is 0 Å². The lowest BCUT2D eigenvalue weighted by Crippen LogP contribution is -2.30. The minimum Gasteiger partial charge on any atom is -0.461 e. The van der Waals surface area contributed by atoms with Crippen molar-refractivity contribution < 1.29 is 9.21 Å². The number of hydrogen-bond donors (Lipinski definition) is 1. The average Bonchev–Trinajstić information content (AvgIpc) is 2.90. The van der Waals surface area contributed by atoms with Gasteiger partial charge in [-0.15, -0.1) is 0 Å². The first-order chi connectivity index (χ1) is 8.60. The molecule has 3 nitrogen and oxygen atoms in total. The van der Waals surface area contributed by atoms with Gasteiger partial charge in [0.15, 0.2) is 0 Å². The number of amides is 1. The predicted octanol–water partition coefficient (Wildman–Crippen LogP) is 3.33. The van der Waals surface area contributed by atoms with E-state index in [2.05, 4.69) is 12.2 Å². The quantitative estimate of drug-likeness (QED) is 0.811. The summed E-state index contributed by atoms with van der Waals surface area (Å²) in [5.41, 5.74) is 0. The fourth-order valence-corrected chi connectivity index (χ4v) is 1.93. The van der Waals surface area contributed by atoms with Crippen LogP contribution in [0.4, 0.5) is 0 Å². The molecule has 3 unspecified atom stereocenters. The molecule has 3 atom stereocenters. The number of furan rings is 1. The molecule has 1 N–H and O–H groups in total. The summed E-state index contributed by atoms with van der Waals surface area (Å²) in [6.45, 7) is 6.26. The molecule has 18 heavy (non-hydrogen) atoms. The van der Waals surface area contributed by atoms with Crippen LogP contribution in [-0.2, 0) is 4.79 Å². The highest BCUT2D eigenvalue weighted by Gasteiger charge is 2.36. The third-order valence-electron chi connectivity index (χ3n) is 3.52. The zero-order valence-corrected chi connectivity index (χ0v) is 11.3. The van der Waals surface area contributed by atoms with Crippen LogP contribution in [-0.4, -0.2) is 11.9 Å². The van der Waals surface area contributed by atoms with Gasteiger partial charge in [-0.2, -0.15) is 0 Å². The molecule has 0 radical (unpaired) electrons. The molecular formula is C15H21NO2. The second kappa shape index (κ2) is 5.42. The predicted molar refractivity (Wildman–Crippen MR) is 72.2 cm³/mol. The molecule has 1 amide bonds. The highest BCUT2D eigenvalue weighted by atomic mass is 16.3. The lowest BCUT2D eigenvalue weighted by molar-refractivity contribution is -0.117. The Morgan fingerprint density at radius 2 is 2.33 bits per heavy atom. The van der Waals surface area contributed by atoms with Crippen LogP contribution in [0.25, 0.3) is 6.08 Å². The maximum absolute atomic E-state index is 11.6. The van der Waals surface area contributed by atoms with Gasteiger partial charge in [0.2, 0.25) is 5.91 Å². The van der Waals surface area contributed by atoms with Crippen LogP contribution in [0.2, 0.25) is 0 Å². The standard InChI is InChI=1S/C15H21NO2/c1-4-11(3)16-15(17)8-6-12-5-7-14(18-12)13-9-10(13)2/h5-8,10-11,13H,4,9H2,1-3H3,(H,16,17). The van der Waals surface area contributed by atoms with Gasteiger partial charge < -0.3 is 9.73 Å². The van der Waals surface area contributed by atoms with E-state index in [-0.39, 0.29) is 11.9 Å². The van der Waals surface area contributed by atoms with E-state index in [0.29, 0.717) is 5.92 Å². The monoisotopic (exact) mass is 247 g/mol. The second-order valence-electron chi connectivity index (χ2n) is 5.21. The van der Waals surface area contributed by atoms with Gasteiger partial charge in [-0.1, -0.05) is 13.8 Å². The molecule has 2 rings (SSSR count). The molecule has 1 aliphatic rings. The van der Waals surface area contributed by atoms with Gasteiger partial charge in [-0.25, -0.2) is 0 Å². The maximum Gasteiger partial charge on any atom is 0.244 e. The van der Waals surface area contributed by atoms with Crippen LogP contribution in [0.1, 0.15) is 51.1 Å². The fourth-order valence-electron chi connectivity index (χ4n) is 1.93. The van der Waals surface area contributed by atoms with E-state index >= 15 is 0 Å². The van der Waals surface area contributed by atoms with Crippen molar-refractivity contribution in [1.29, 1.82) is 0 Å². The molecule has 98 valence electrons. The molecule has 3 heteroatoms. The third kappa shape index (κ3) is 3.25. The summed E-state index contributed by atoms with van der Waals surface area (Å²) in [4.78, 5) is 11.6. The summed E-state index contributed by atoms with van der Waals surface area (Å²) in [6.07, 6.45) is 5.41. The molecule has 1 saturated carbocycles. The Kier molecular flexibility index (Phi) is 3.90. The first-order valence-electron chi connectivity index (χ1n) is 6.68. The Morgan fingerprint density at radius 1 is 1.61 bits per heavy atom. The van der Waals surface area contributed by atoms with Crippen LogP contribution in [0, 0.1) is 5.92 Å². The first-order valence-corrected chi connectivity index (χ1v) is 6.68. The van der Waals surface area contributed by atoms with Gasteiger partial charge in [0, 0.05) is 18.0 Å². The van der Waals surface area contributed by atoms with Gasteiger partial charge in [0.25, 0.3) is 0 Å². The van der Waals surface area contributed by atoms with Gasteiger partial charge in [-0.3, -0.25) is 4.79 Å². The Balaban J connectivity index is 1.88. The van der Waals surface area contributed by atoms with Crippen molar-refractivity contribution in [2.45, 2.75) is 45.6 Å². The van der Waals surface area contributed by atoms with Crippen molar-refractivity contribution in [2.24, 2.45) is 5.92 Å². The number of nitrogens with one attached hydrogen (secondary N) is 1.